The van der Waals surface area contributed by atoms with Crippen LogP contribution in [0, 0.1) is 11.8 Å². The maximum absolute atomic E-state index is 11.8. The van der Waals surface area contributed by atoms with Crippen LogP contribution >= 0.6 is 0 Å². The molecule has 0 heterocycles. The molecule has 0 N–H and O–H groups in total. The van der Waals surface area contributed by atoms with E-state index < -0.39 is 0 Å². The number of hydrogen-bond donors (Lipinski definition) is 0. The van der Waals surface area contributed by atoms with Gasteiger partial charge in [-0.2, -0.15) is 0 Å². The van der Waals surface area contributed by atoms with Gasteiger partial charge >= 0.3 is 0 Å². The lowest BCUT2D eigenvalue weighted by Gasteiger charge is -2.27. The zero-order valence-electron chi connectivity index (χ0n) is 9.72. The first-order chi connectivity index (χ1) is 6.77. The van der Waals surface area contributed by atoms with Gasteiger partial charge in [0.25, 0.3) is 0 Å². The van der Waals surface area contributed by atoms with Crippen LogP contribution in [0.25, 0.3) is 0 Å². The molecule has 0 bridgehead atoms. The second-order valence-electron chi connectivity index (χ2n) is 4.71. The van der Waals surface area contributed by atoms with Crippen LogP contribution in [-0.4, -0.2) is 5.78 Å². The zero-order valence-corrected chi connectivity index (χ0v) is 9.72. The van der Waals surface area contributed by atoms with Crippen LogP contribution in [0.2, 0.25) is 0 Å². The molecule has 1 nitrogen and oxygen atoms in total. The smallest absolute Gasteiger partial charge is 0.135 e. The van der Waals surface area contributed by atoms with E-state index in [1.165, 1.54) is 32.1 Å². The summed E-state index contributed by atoms with van der Waals surface area (Å²) in [6, 6.07) is 0. The molecule has 1 aliphatic rings. The maximum Gasteiger partial charge on any atom is 0.135 e. The molecule has 2 unspecified atom stereocenters. The lowest BCUT2D eigenvalue weighted by molar-refractivity contribution is -0.124. The number of hydrogen-bond acceptors (Lipinski definition) is 1. The van der Waals surface area contributed by atoms with Crippen molar-refractivity contribution < 1.29 is 4.79 Å². The maximum atomic E-state index is 11.8. The third-order valence-electron chi connectivity index (χ3n) is 3.59. The van der Waals surface area contributed by atoms with Crippen molar-refractivity contribution in [1.82, 2.24) is 0 Å². The van der Waals surface area contributed by atoms with E-state index in [1.807, 2.05) is 0 Å². The predicted octanol–water partition coefficient (Wildman–Crippen LogP) is 3.96. The summed E-state index contributed by atoms with van der Waals surface area (Å²) in [5, 5.41) is 0. The van der Waals surface area contributed by atoms with Gasteiger partial charge in [0.2, 0.25) is 0 Å². The molecule has 0 aromatic heterocycles. The fraction of sp³-hybridized carbons (Fsp3) is 0.923. The van der Waals surface area contributed by atoms with E-state index in [-0.39, 0.29) is 0 Å². The monoisotopic (exact) mass is 196 g/mol. The van der Waals surface area contributed by atoms with E-state index in [9.17, 15) is 4.79 Å². The zero-order chi connectivity index (χ0) is 10.4. The van der Waals surface area contributed by atoms with Crippen molar-refractivity contribution in [3.8, 4) is 0 Å². The van der Waals surface area contributed by atoms with E-state index in [2.05, 4.69) is 13.8 Å². The van der Waals surface area contributed by atoms with Crippen molar-refractivity contribution in [2.45, 2.75) is 65.2 Å². The molecular formula is C13H24O. The number of ketones is 1. The van der Waals surface area contributed by atoms with Crippen molar-refractivity contribution in [1.29, 1.82) is 0 Å². The summed E-state index contributed by atoms with van der Waals surface area (Å²) in [4.78, 5) is 11.8. The Morgan fingerprint density at radius 2 is 2.07 bits per heavy atom. The molecule has 82 valence electrons. The first-order valence-electron chi connectivity index (χ1n) is 6.30. The molecule has 0 amide bonds. The van der Waals surface area contributed by atoms with Gasteiger partial charge in [-0.25, -0.2) is 0 Å². The molecule has 1 rings (SSSR count). The largest absolute Gasteiger partial charge is 0.299 e. The molecule has 0 aromatic carbocycles. The standard InChI is InChI=1S/C13H24O/c1-3-5-9-13(14)12-8-6-7-11(4-2)10-12/h11-12H,3-10H2,1-2H3. The van der Waals surface area contributed by atoms with Crippen LogP contribution in [-0.2, 0) is 4.79 Å². The second kappa shape index (κ2) is 6.21. The van der Waals surface area contributed by atoms with E-state index in [1.54, 1.807) is 0 Å². The first-order valence-corrected chi connectivity index (χ1v) is 6.30. The minimum absolute atomic E-state index is 0.417. The number of rotatable bonds is 5. The minimum Gasteiger partial charge on any atom is -0.299 e. The van der Waals surface area contributed by atoms with Crippen LogP contribution in [0.15, 0.2) is 0 Å². The highest BCUT2D eigenvalue weighted by atomic mass is 16.1. The summed E-state index contributed by atoms with van der Waals surface area (Å²) >= 11 is 0. The Balaban J connectivity index is 2.31. The molecule has 1 heteroatoms. The topological polar surface area (TPSA) is 17.1 Å². The fourth-order valence-corrected chi connectivity index (χ4v) is 2.51. The number of unbranched alkanes of at least 4 members (excludes halogenated alkanes) is 1. The summed E-state index contributed by atoms with van der Waals surface area (Å²) in [7, 11) is 0. The molecule has 0 radical (unpaired) electrons. The third-order valence-corrected chi connectivity index (χ3v) is 3.59. The Morgan fingerprint density at radius 1 is 1.29 bits per heavy atom. The van der Waals surface area contributed by atoms with Gasteiger partial charge in [0, 0.05) is 12.3 Å². The fourth-order valence-electron chi connectivity index (χ4n) is 2.51. The predicted molar refractivity (Wildman–Crippen MR) is 60.3 cm³/mol. The van der Waals surface area contributed by atoms with Gasteiger partial charge in [0.1, 0.15) is 5.78 Å². The SMILES string of the molecule is CCCCC(=O)C1CCCC(CC)C1. The van der Waals surface area contributed by atoms with Crippen LogP contribution in [0.1, 0.15) is 65.2 Å². The molecule has 1 aliphatic carbocycles. The van der Waals surface area contributed by atoms with Gasteiger partial charge in [0.05, 0.1) is 0 Å². The first kappa shape index (κ1) is 11.7. The molecule has 2 atom stereocenters. The van der Waals surface area contributed by atoms with Crippen LogP contribution in [0.5, 0.6) is 0 Å². The summed E-state index contributed by atoms with van der Waals surface area (Å²) in [5.74, 6) is 1.80. The summed E-state index contributed by atoms with van der Waals surface area (Å²) in [6.45, 7) is 4.41. The number of carbonyl (C=O) groups excluding carboxylic acids is 1. The molecule has 1 saturated carbocycles. The molecule has 0 saturated heterocycles. The van der Waals surface area contributed by atoms with Crippen molar-refractivity contribution in [3.05, 3.63) is 0 Å². The van der Waals surface area contributed by atoms with E-state index in [0.717, 1.165) is 25.2 Å². The van der Waals surface area contributed by atoms with Crippen LogP contribution in [0.4, 0.5) is 0 Å². The van der Waals surface area contributed by atoms with Gasteiger partial charge in [0.15, 0.2) is 0 Å². The Hall–Kier alpha value is -0.330. The number of Topliss-reactive ketones (excluding diaryl/α,β-unsaturated/α-hetero) is 1. The van der Waals surface area contributed by atoms with Gasteiger partial charge in [-0.05, 0) is 25.2 Å². The van der Waals surface area contributed by atoms with Gasteiger partial charge < -0.3 is 0 Å². The molecule has 0 aromatic rings. The number of carbonyl (C=O) groups is 1. The van der Waals surface area contributed by atoms with Crippen molar-refractivity contribution in [3.63, 3.8) is 0 Å². The summed E-state index contributed by atoms with van der Waals surface area (Å²) < 4.78 is 0. The lowest BCUT2D eigenvalue weighted by atomic mass is 9.77. The van der Waals surface area contributed by atoms with Crippen molar-refractivity contribution in [2.75, 3.05) is 0 Å². The molecular weight excluding hydrogens is 172 g/mol. The third kappa shape index (κ3) is 3.43. The van der Waals surface area contributed by atoms with Crippen LogP contribution < -0.4 is 0 Å². The normalized spacial score (nSPS) is 27.6. The average molecular weight is 196 g/mol. The minimum atomic E-state index is 0.417. The summed E-state index contributed by atoms with van der Waals surface area (Å²) in [6.07, 6.45) is 9.31. The Labute approximate surface area is 88.3 Å². The van der Waals surface area contributed by atoms with E-state index >= 15 is 0 Å². The molecule has 0 spiro atoms. The van der Waals surface area contributed by atoms with Gasteiger partial charge in [-0.3, -0.25) is 4.79 Å². The highest BCUT2D eigenvalue weighted by Gasteiger charge is 2.25. The average Bonchev–Trinajstić information content (AvgIpc) is 2.26. The van der Waals surface area contributed by atoms with Crippen molar-refractivity contribution >= 4 is 5.78 Å². The molecule has 14 heavy (non-hydrogen) atoms. The molecule has 1 fully saturated rings. The van der Waals surface area contributed by atoms with E-state index in [0.29, 0.717) is 11.7 Å². The highest BCUT2D eigenvalue weighted by molar-refractivity contribution is 5.81. The van der Waals surface area contributed by atoms with Crippen molar-refractivity contribution in [2.24, 2.45) is 11.8 Å². The Kier molecular flexibility index (Phi) is 5.21. The Morgan fingerprint density at radius 3 is 2.71 bits per heavy atom. The lowest BCUT2D eigenvalue weighted by Crippen LogP contribution is -2.22. The molecule has 0 aliphatic heterocycles. The quantitative estimate of drug-likeness (QED) is 0.650. The van der Waals surface area contributed by atoms with E-state index in [4.69, 9.17) is 0 Å². The van der Waals surface area contributed by atoms with Crippen LogP contribution in [0.3, 0.4) is 0 Å². The highest BCUT2D eigenvalue weighted by Crippen LogP contribution is 2.32. The van der Waals surface area contributed by atoms with Gasteiger partial charge in [-0.15, -0.1) is 0 Å². The van der Waals surface area contributed by atoms with Gasteiger partial charge in [-0.1, -0.05) is 39.5 Å². The Bertz CT molecular complexity index is 174. The second-order valence-corrected chi connectivity index (χ2v) is 4.71. The summed E-state index contributed by atoms with van der Waals surface area (Å²) in [5.41, 5.74) is 0.